The van der Waals surface area contributed by atoms with E-state index in [9.17, 15) is 4.79 Å². The molecule has 2 aromatic carbocycles. The van der Waals surface area contributed by atoms with E-state index in [1.165, 1.54) is 5.39 Å². The minimum absolute atomic E-state index is 0.0555. The van der Waals surface area contributed by atoms with E-state index in [-0.39, 0.29) is 5.91 Å². The standard InChI is InChI=1S/C19H18ClNOS/c1-3-7-14-13-8-4-5-11-17(13)23-18(14)19(22)21-16-10-6-9-15(20)12(16)2/h4-6,8-11H,3,7H2,1-2H3,(H,21,22). The molecule has 0 spiro atoms. The Morgan fingerprint density at radius 3 is 2.74 bits per heavy atom. The number of thiophene rings is 1. The Bertz CT molecular complexity index is 869. The number of hydrogen-bond donors (Lipinski definition) is 1. The molecule has 1 N–H and O–H groups in total. The summed E-state index contributed by atoms with van der Waals surface area (Å²) in [4.78, 5) is 13.6. The molecule has 0 atom stereocenters. The van der Waals surface area contributed by atoms with Crippen LogP contribution in [-0.2, 0) is 6.42 Å². The fourth-order valence-corrected chi connectivity index (χ4v) is 4.02. The monoisotopic (exact) mass is 343 g/mol. The maximum absolute atomic E-state index is 12.8. The van der Waals surface area contributed by atoms with E-state index in [0.717, 1.165) is 39.2 Å². The van der Waals surface area contributed by atoms with E-state index >= 15 is 0 Å². The van der Waals surface area contributed by atoms with Crippen molar-refractivity contribution in [3.05, 3.63) is 63.5 Å². The number of benzene rings is 2. The molecule has 1 heterocycles. The Labute approximate surface area is 145 Å². The molecule has 0 unspecified atom stereocenters. The lowest BCUT2D eigenvalue weighted by Crippen LogP contribution is -2.13. The maximum Gasteiger partial charge on any atom is 0.266 e. The lowest BCUT2D eigenvalue weighted by atomic mass is 10.1. The summed E-state index contributed by atoms with van der Waals surface area (Å²) in [7, 11) is 0. The van der Waals surface area contributed by atoms with Gasteiger partial charge in [0.05, 0.1) is 4.88 Å². The quantitative estimate of drug-likeness (QED) is 0.612. The number of aryl methyl sites for hydroxylation is 1. The minimum Gasteiger partial charge on any atom is -0.321 e. The van der Waals surface area contributed by atoms with Gasteiger partial charge >= 0.3 is 0 Å². The number of amides is 1. The molecule has 1 aromatic heterocycles. The van der Waals surface area contributed by atoms with Gasteiger partial charge in [-0.15, -0.1) is 11.3 Å². The van der Waals surface area contributed by atoms with Crippen LogP contribution in [0.5, 0.6) is 0 Å². The number of carbonyl (C=O) groups excluding carboxylic acids is 1. The Morgan fingerprint density at radius 2 is 1.96 bits per heavy atom. The molecule has 118 valence electrons. The van der Waals surface area contributed by atoms with Crippen LogP contribution in [-0.4, -0.2) is 5.91 Å². The molecule has 0 saturated carbocycles. The molecular formula is C19H18ClNOS. The molecule has 2 nitrogen and oxygen atoms in total. The number of hydrogen-bond acceptors (Lipinski definition) is 2. The number of carbonyl (C=O) groups is 1. The van der Waals surface area contributed by atoms with Gasteiger partial charge in [-0.3, -0.25) is 4.79 Å². The van der Waals surface area contributed by atoms with Gasteiger partial charge in [0, 0.05) is 15.4 Å². The number of nitrogens with one attached hydrogen (secondary N) is 1. The maximum atomic E-state index is 12.8. The molecule has 0 aliphatic carbocycles. The van der Waals surface area contributed by atoms with Crippen LogP contribution >= 0.6 is 22.9 Å². The average Bonchev–Trinajstić information content (AvgIpc) is 2.91. The molecule has 0 bridgehead atoms. The van der Waals surface area contributed by atoms with Crippen molar-refractivity contribution in [3.63, 3.8) is 0 Å². The van der Waals surface area contributed by atoms with Gasteiger partial charge in [-0.2, -0.15) is 0 Å². The third kappa shape index (κ3) is 3.12. The summed E-state index contributed by atoms with van der Waals surface area (Å²) in [6, 6.07) is 13.8. The fourth-order valence-electron chi connectivity index (χ4n) is 2.70. The van der Waals surface area contributed by atoms with E-state index in [2.05, 4.69) is 24.4 Å². The highest BCUT2D eigenvalue weighted by atomic mass is 35.5. The van der Waals surface area contributed by atoms with E-state index < -0.39 is 0 Å². The van der Waals surface area contributed by atoms with Crippen LogP contribution in [0, 0.1) is 6.92 Å². The van der Waals surface area contributed by atoms with Gasteiger partial charge in [0.1, 0.15) is 0 Å². The van der Waals surface area contributed by atoms with Crippen molar-refractivity contribution < 1.29 is 4.79 Å². The van der Waals surface area contributed by atoms with Crippen molar-refractivity contribution >= 4 is 44.6 Å². The van der Waals surface area contributed by atoms with Gasteiger partial charge in [-0.1, -0.05) is 49.2 Å². The number of rotatable bonds is 4. The van der Waals surface area contributed by atoms with Crippen molar-refractivity contribution in [2.24, 2.45) is 0 Å². The topological polar surface area (TPSA) is 29.1 Å². The Kier molecular flexibility index (Phi) is 4.69. The zero-order valence-corrected chi connectivity index (χ0v) is 14.7. The predicted molar refractivity (Wildman–Crippen MR) is 100.0 cm³/mol. The third-order valence-electron chi connectivity index (χ3n) is 3.92. The highest BCUT2D eigenvalue weighted by molar-refractivity contribution is 7.21. The second-order valence-corrected chi connectivity index (χ2v) is 6.98. The Morgan fingerprint density at radius 1 is 1.17 bits per heavy atom. The van der Waals surface area contributed by atoms with Gasteiger partial charge in [-0.25, -0.2) is 0 Å². The second-order valence-electron chi connectivity index (χ2n) is 5.52. The molecule has 0 aliphatic heterocycles. The molecule has 0 aliphatic rings. The first kappa shape index (κ1) is 16.0. The fraction of sp³-hybridized carbons (Fsp3) is 0.211. The van der Waals surface area contributed by atoms with Crippen molar-refractivity contribution in [3.8, 4) is 0 Å². The van der Waals surface area contributed by atoms with Crippen LogP contribution in [0.15, 0.2) is 42.5 Å². The van der Waals surface area contributed by atoms with Crippen molar-refractivity contribution in [2.75, 3.05) is 5.32 Å². The SMILES string of the molecule is CCCc1c(C(=O)Nc2cccc(Cl)c2C)sc2ccccc12. The highest BCUT2D eigenvalue weighted by Crippen LogP contribution is 2.33. The van der Waals surface area contributed by atoms with Crippen LogP contribution in [0.25, 0.3) is 10.1 Å². The molecule has 23 heavy (non-hydrogen) atoms. The van der Waals surface area contributed by atoms with Crippen LogP contribution < -0.4 is 5.32 Å². The van der Waals surface area contributed by atoms with Gasteiger partial charge in [0.2, 0.25) is 0 Å². The summed E-state index contributed by atoms with van der Waals surface area (Å²) in [6.07, 6.45) is 1.92. The molecule has 3 aromatic rings. The highest BCUT2D eigenvalue weighted by Gasteiger charge is 2.18. The van der Waals surface area contributed by atoms with E-state index in [1.807, 2.05) is 37.3 Å². The smallest absolute Gasteiger partial charge is 0.266 e. The molecule has 3 rings (SSSR count). The number of anilines is 1. The minimum atomic E-state index is -0.0555. The Hall–Kier alpha value is -1.84. The molecular weight excluding hydrogens is 326 g/mol. The van der Waals surface area contributed by atoms with E-state index in [1.54, 1.807) is 11.3 Å². The summed E-state index contributed by atoms with van der Waals surface area (Å²) in [5.41, 5.74) is 2.80. The lowest BCUT2D eigenvalue weighted by molar-refractivity contribution is 0.102. The first-order chi connectivity index (χ1) is 11.1. The third-order valence-corrected chi connectivity index (χ3v) is 5.54. The van der Waals surface area contributed by atoms with Crippen LogP contribution in [0.1, 0.15) is 34.1 Å². The largest absolute Gasteiger partial charge is 0.321 e. The van der Waals surface area contributed by atoms with Gasteiger partial charge in [0.15, 0.2) is 0 Å². The number of fused-ring (bicyclic) bond motifs is 1. The van der Waals surface area contributed by atoms with Crippen molar-refractivity contribution in [1.82, 2.24) is 0 Å². The van der Waals surface area contributed by atoms with Crippen LogP contribution in [0.2, 0.25) is 5.02 Å². The molecule has 0 radical (unpaired) electrons. The van der Waals surface area contributed by atoms with Crippen LogP contribution in [0.3, 0.4) is 0 Å². The summed E-state index contributed by atoms with van der Waals surface area (Å²) >= 11 is 7.70. The average molecular weight is 344 g/mol. The number of halogens is 1. The van der Waals surface area contributed by atoms with Gasteiger partial charge < -0.3 is 5.32 Å². The predicted octanol–water partition coefficient (Wildman–Crippen LogP) is 6.07. The van der Waals surface area contributed by atoms with Crippen LogP contribution in [0.4, 0.5) is 5.69 Å². The van der Waals surface area contributed by atoms with E-state index in [4.69, 9.17) is 11.6 Å². The van der Waals surface area contributed by atoms with Gasteiger partial charge in [0.25, 0.3) is 5.91 Å². The summed E-state index contributed by atoms with van der Waals surface area (Å²) in [5.74, 6) is -0.0555. The zero-order chi connectivity index (χ0) is 16.4. The van der Waals surface area contributed by atoms with Gasteiger partial charge in [-0.05, 0) is 48.1 Å². The molecule has 0 saturated heterocycles. The van der Waals surface area contributed by atoms with E-state index in [0.29, 0.717) is 5.02 Å². The molecule has 0 fully saturated rings. The summed E-state index contributed by atoms with van der Waals surface area (Å²) < 4.78 is 1.16. The zero-order valence-electron chi connectivity index (χ0n) is 13.2. The normalized spacial score (nSPS) is 10.9. The van der Waals surface area contributed by atoms with Crippen molar-refractivity contribution in [1.29, 1.82) is 0 Å². The second kappa shape index (κ2) is 6.73. The lowest BCUT2D eigenvalue weighted by Gasteiger charge is -2.09. The first-order valence-electron chi connectivity index (χ1n) is 7.68. The summed E-state index contributed by atoms with van der Waals surface area (Å²) in [6.45, 7) is 4.05. The first-order valence-corrected chi connectivity index (χ1v) is 8.88. The molecule has 4 heteroatoms. The summed E-state index contributed by atoms with van der Waals surface area (Å²) in [5, 5.41) is 4.86. The van der Waals surface area contributed by atoms with Crippen molar-refractivity contribution in [2.45, 2.75) is 26.7 Å². The Balaban J connectivity index is 2.00. The molecule has 1 amide bonds.